The fraction of sp³-hybridized carbons (Fsp3) is 0.348. The van der Waals surface area contributed by atoms with Crippen molar-refractivity contribution in [1.29, 1.82) is 0 Å². The van der Waals surface area contributed by atoms with E-state index in [0.29, 0.717) is 24.3 Å². The first kappa shape index (κ1) is 22.3. The standard InChI is InChI=1S/C23H25N3O5S/c1-16-6-8-20(9-7-16)32(30,31)25-12-10-24(11-13-25)21-15-22(28)26(23(21)29)19-5-3-4-18(14-19)17(2)27/h3-9,14,21H,10-13,15H2,1-2H3/t21-/m0/s1. The van der Waals surface area contributed by atoms with Crippen LogP contribution in [0, 0.1) is 6.92 Å². The fourth-order valence-corrected chi connectivity index (χ4v) is 5.57. The van der Waals surface area contributed by atoms with Gasteiger partial charge in [-0.05, 0) is 38.1 Å². The molecule has 0 aromatic heterocycles. The van der Waals surface area contributed by atoms with Crippen LogP contribution in [0.4, 0.5) is 5.69 Å². The summed E-state index contributed by atoms with van der Waals surface area (Å²) in [4.78, 5) is 40.6. The molecule has 8 nitrogen and oxygen atoms in total. The average molecular weight is 456 g/mol. The number of carbonyl (C=O) groups excluding carboxylic acids is 3. The van der Waals surface area contributed by atoms with E-state index < -0.39 is 16.1 Å². The molecule has 0 unspecified atom stereocenters. The predicted molar refractivity (Wildman–Crippen MR) is 119 cm³/mol. The van der Waals surface area contributed by atoms with E-state index in [2.05, 4.69) is 0 Å². The number of piperazine rings is 1. The molecule has 0 N–H and O–H groups in total. The molecular weight excluding hydrogens is 430 g/mol. The number of benzene rings is 2. The van der Waals surface area contributed by atoms with Crippen LogP contribution in [-0.2, 0) is 19.6 Å². The molecule has 1 atom stereocenters. The summed E-state index contributed by atoms with van der Waals surface area (Å²) in [6.07, 6.45) is 0.0356. The Balaban J connectivity index is 1.46. The van der Waals surface area contributed by atoms with Gasteiger partial charge in [0.25, 0.3) is 5.91 Å². The maximum absolute atomic E-state index is 13.1. The lowest BCUT2D eigenvalue weighted by atomic mass is 10.1. The number of Topliss-reactive ketones (excluding diaryl/α,β-unsaturated/α-hetero) is 1. The van der Waals surface area contributed by atoms with E-state index >= 15 is 0 Å². The minimum atomic E-state index is -3.60. The topological polar surface area (TPSA) is 95.1 Å². The molecule has 9 heteroatoms. The van der Waals surface area contributed by atoms with Gasteiger partial charge >= 0.3 is 0 Å². The molecule has 4 rings (SSSR count). The Hall–Kier alpha value is -2.88. The van der Waals surface area contributed by atoms with Gasteiger partial charge in [0.1, 0.15) is 0 Å². The summed E-state index contributed by atoms with van der Waals surface area (Å²) >= 11 is 0. The summed E-state index contributed by atoms with van der Waals surface area (Å²) in [5, 5.41) is 0. The van der Waals surface area contributed by atoms with Crippen molar-refractivity contribution in [3.63, 3.8) is 0 Å². The van der Waals surface area contributed by atoms with Crippen LogP contribution in [0.3, 0.4) is 0 Å². The molecule has 2 amide bonds. The maximum Gasteiger partial charge on any atom is 0.251 e. The first-order chi connectivity index (χ1) is 15.2. The predicted octanol–water partition coefficient (Wildman–Crippen LogP) is 1.84. The Kier molecular flexibility index (Phi) is 5.98. The Morgan fingerprint density at radius 3 is 2.25 bits per heavy atom. The molecule has 0 saturated carbocycles. The van der Waals surface area contributed by atoms with E-state index in [1.54, 1.807) is 48.5 Å². The largest absolute Gasteiger partial charge is 0.295 e. The third-order valence-corrected chi connectivity index (χ3v) is 7.92. The first-order valence-electron chi connectivity index (χ1n) is 10.5. The summed E-state index contributed by atoms with van der Waals surface area (Å²) in [7, 11) is -3.60. The highest BCUT2D eigenvalue weighted by molar-refractivity contribution is 7.89. The highest BCUT2D eigenvalue weighted by Crippen LogP contribution is 2.28. The maximum atomic E-state index is 13.1. The lowest BCUT2D eigenvalue weighted by molar-refractivity contribution is -0.123. The summed E-state index contributed by atoms with van der Waals surface area (Å²) in [5.41, 5.74) is 1.80. The van der Waals surface area contributed by atoms with Gasteiger partial charge in [0, 0.05) is 31.7 Å². The number of ketones is 1. The lowest BCUT2D eigenvalue weighted by Crippen LogP contribution is -2.53. The van der Waals surface area contributed by atoms with Crippen molar-refractivity contribution in [2.75, 3.05) is 31.1 Å². The van der Waals surface area contributed by atoms with E-state index in [1.165, 1.54) is 11.2 Å². The lowest BCUT2D eigenvalue weighted by Gasteiger charge is -2.36. The smallest absolute Gasteiger partial charge is 0.251 e. The van der Waals surface area contributed by atoms with Crippen LogP contribution < -0.4 is 4.90 Å². The van der Waals surface area contributed by atoms with E-state index in [-0.39, 0.29) is 42.0 Å². The van der Waals surface area contributed by atoms with E-state index in [4.69, 9.17) is 0 Å². The van der Waals surface area contributed by atoms with Crippen molar-refractivity contribution in [2.24, 2.45) is 0 Å². The molecule has 0 aliphatic carbocycles. The van der Waals surface area contributed by atoms with Crippen LogP contribution in [0.1, 0.15) is 29.3 Å². The number of amides is 2. The average Bonchev–Trinajstić information content (AvgIpc) is 3.08. The number of hydrogen-bond donors (Lipinski definition) is 0. The number of hydrogen-bond acceptors (Lipinski definition) is 6. The van der Waals surface area contributed by atoms with Crippen LogP contribution in [0.15, 0.2) is 53.4 Å². The van der Waals surface area contributed by atoms with Gasteiger partial charge in [-0.15, -0.1) is 0 Å². The van der Waals surface area contributed by atoms with Gasteiger partial charge in [0.15, 0.2) is 5.78 Å². The Morgan fingerprint density at radius 1 is 0.969 bits per heavy atom. The zero-order valence-electron chi connectivity index (χ0n) is 18.0. The highest BCUT2D eigenvalue weighted by atomic mass is 32.2. The molecule has 2 heterocycles. The van der Waals surface area contributed by atoms with Gasteiger partial charge < -0.3 is 0 Å². The number of carbonyl (C=O) groups is 3. The summed E-state index contributed by atoms with van der Waals surface area (Å²) < 4.78 is 27.3. The van der Waals surface area contributed by atoms with E-state index in [9.17, 15) is 22.8 Å². The van der Waals surface area contributed by atoms with Crippen LogP contribution in [-0.4, -0.2) is 67.4 Å². The van der Waals surface area contributed by atoms with Gasteiger partial charge in [-0.1, -0.05) is 29.8 Å². The van der Waals surface area contributed by atoms with Gasteiger partial charge in [-0.25, -0.2) is 13.3 Å². The van der Waals surface area contributed by atoms with Crippen LogP contribution in [0.25, 0.3) is 0 Å². The Labute approximate surface area is 187 Å². The number of aryl methyl sites for hydroxylation is 1. The van der Waals surface area contributed by atoms with Gasteiger partial charge in [0.2, 0.25) is 15.9 Å². The molecule has 2 fully saturated rings. The number of anilines is 1. The van der Waals surface area contributed by atoms with Crippen molar-refractivity contribution in [3.05, 3.63) is 59.7 Å². The van der Waals surface area contributed by atoms with Crippen LogP contribution in [0.2, 0.25) is 0 Å². The van der Waals surface area contributed by atoms with Crippen molar-refractivity contribution in [3.8, 4) is 0 Å². The Bertz CT molecular complexity index is 1170. The fourth-order valence-electron chi connectivity index (χ4n) is 4.15. The number of rotatable bonds is 5. The summed E-state index contributed by atoms with van der Waals surface area (Å²) in [6.45, 7) is 4.53. The molecular formula is C23H25N3O5S. The SMILES string of the molecule is CC(=O)c1cccc(N2C(=O)C[C@H](N3CCN(S(=O)(=O)c4ccc(C)cc4)CC3)C2=O)c1. The molecule has 32 heavy (non-hydrogen) atoms. The second-order valence-electron chi connectivity index (χ2n) is 8.15. The van der Waals surface area contributed by atoms with Crippen molar-refractivity contribution >= 4 is 33.3 Å². The van der Waals surface area contributed by atoms with Crippen molar-refractivity contribution < 1.29 is 22.8 Å². The van der Waals surface area contributed by atoms with E-state index in [0.717, 1.165) is 10.5 Å². The normalized spacial score (nSPS) is 20.7. The zero-order valence-corrected chi connectivity index (χ0v) is 18.8. The van der Waals surface area contributed by atoms with Crippen molar-refractivity contribution in [1.82, 2.24) is 9.21 Å². The first-order valence-corrected chi connectivity index (χ1v) is 11.9. The number of sulfonamides is 1. The molecule has 2 aliphatic heterocycles. The quantitative estimate of drug-likeness (QED) is 0.504. The molecule has 168 valence electrons. The third-order valence-electron chi connectivity index (χ3n) is 6.01. The molecule has 2 saturated heterocycles. The summed E-state index contributed by atoms with van der Waals surface area (Å²) in [6, 6.07) is 12.6. The molecule has 0 radical (unpaired) electrons. The zero-order chi connectivity index (χ0) is 23.0. The molecule has 0 bridgehead atoms. The second-order valence-corrected chi connectivity index (χ2v) is 10.1. The Morgan fingerprint density at radius 2 is 1.62 bits per heavy atom. The van der Waals surface area contributed by atoms with Gasteiger partial charge in [-0.2, -0.15) is 4.31 Å². The van der Waals surface area contributed by atoms with Crippen LogP contribution in [0.5, 0.6) is 0 Å². The van der Waals surface area contributed by atoms with Gasteiger partial charge in [-0.3, -0.25) is 19.3 Å². The third kappa shape index (κ3) is 4.11. The minimum Gasteiger partial charge on any atom is -0.295 e. The molecule has 2 aromatic carbocycles. The minimum absolute atomic E-state index is 0.0356. The number of nitrogens with zero attached hydrogens (tertiary/aromatic N) is 3. The second kappa shape index (κ2) is 8.57. The highest BCUT2D eigenvalue weighted by Gasteiger charge is 2.44. The molecule has 2 aliphatic rings. The monoisotopic (exact) mass is 455 g/mol. The summed E-state index contributed by atoms with van der Waals surface area (Å²) in [5.74, 6) is -0.811. The molecule has 0 spiro atoms. The molecule has 2 aromatic rings. The number of imide groups is 1. The van der Waals surface area contributed by atoms with E-state index in [1.807, 2.05) is 11.8 Å². The van der Waals surface area contributed by atoms with Crippen molar-refractivity contribution in [2.45, 2.75) is 31.2 Å². The van der Waals surface area contributed by atoms with Crippen LogP contribution >= 0.6 is 0 Å². The van der Waals surface area contributed by atoms with Gasteiger partial charge in [0.05, 0.1) is 23.0 Å².